The number of hydrogen-bond acceptors (Lipinski definition) is 3. The van der Waals surface area contributed by atoms with Crippen LogP contribution < -0.4 is 5.73 Å². The van der Waals surface area contributed by atoms with E-state index in [0.29, 0.717) is 11.3 Å². The second-order valence-electron chi connectivity index (χ2n) is 2.89. The summed E-state index contributed by atoms with van der Waals surface area (Å²) < 4.78 is 0. The van der Waals surface area contributed by atoms with Crippen LogP contribution >= 0.6 is 0 Å². The van der Waals surface area contributed by atoms with Gasteiger partial charge in [-0.3, -0.25) is 0 Å². The van der Waals surface area contributed by atoms with Crippen molar-refractivity contribution in [2.75, 3.05) is 5.73 Å². The highest BCUT2D eigenvalue weighted by Gasteiger charge is 2.04. The van der Waals surface area contributed by atoms with E-state index < -0.39 is 0 Å². The molecule has 2 aromatic rings. The third kappa shape index (κ3) is 1.11. The molecule has 0 saturated heterocycles. The summed E-state index contributed by atoms with van der Waals surface area (Å²) in [5, 5.41) is 8.68. The summed E-state index contributed by atoms with van der Waals surface area (Å²) in [5.41, 5.74) is 8.37. The lowest BCUT2D eigenvalue weighted by molar-refractivity contribution is 1.17. The van der Waals surface area contributed by atoms with Gasteiger partial charge in [-0.05, 0) is 19.1 Å². The Morgan fingerprint density at radius 3 is 3.00 bits per heavy atom. The predicted octanol–water partition coefficient (Wildman–Crippen LogP) is 1.33. The Bertz CT molecular complexity index is 504. The molecule has 0 spiro atoms. The third-order valence-corrected chi connectivity index (χ3v) is 1.87. The molecule has 13 heavy (non-hydrogen) atoms. The lowest BCUT2D eigenvalue weighted by Crippen LogP contribution is -1.88. The van der Waals surface area contributed by atoms with E-state index in [9.17, 15) is 0 Å². The highest BCUT2D eigenvalue weighted by atomic mass is 14.9. The number of nitrogens with one attached hydrogen (secondary N) is 1. The van der Waals surface area contributed by atoms with Crippen molar-refractivity contribution >= 4 is 16.7 Å². The maximum Gasteiger partial charge on any atom is 0.104 e. The molecule has 1 aromatic heterocycles. The number of benzene rings is 1. The van der Waals surface area contributed by atoms with E-state index in [0.717, 1.165) is 16.9 Å². The second kappa shape index (κ2) is 2.49. The van der Waals surface area contributed by atoms with E-state index in [1.807, 2.05) is 13.0 Å². The van der Waals surface area contributed by atoms with Crippen molar-refractivity contribution in [3.05, 3.63) is 23.5 Å². The van der Waals surface area contributed by atoms with Crippen molar-refractivity contribution in [1.29, 1.82) is 5.26 Å². The maximum atomic E-state index is 8.68. The fourth-order valence-corrected chi connectivity index (χ4v) is 1.33. The van der Waals surface area contributed by atoms with Crippen LogP contribution in [-0.2, 0) is 0 Å². The number of nitrogen functional groups attached to an aromatic ring is 1. The molecule has 0 radical (unpaired) electrons. The topological polar surface area (TPSA) is 78.5 Å². The van der Waals surface area contributed by atoms with E-state index in [1.54, 1.807) is 12.1 Å². The van der Waals surface area contributed by atoms with Crippen molar-refractivity contribution < 1.29 is 0 Å². The summed E-state index contributed by atoms with van der Waals surface area (Å²) in [5.74, 6) is 0.803. The normalized spacial score (nSPS) is 10.2. The molecule has 0 amide bonds. The Morgan fingerprint density at radius 2 is 2.31 bits per heavy atom. The standard InChI is InChI=1S/C9H8N4/c1-5-12-8-3-6(4-10)2-7(11)9(8)13-5/h2-3H,11H2,1H3,(H,12,13). The fraction of sp³-hybridized carbons (Fsp3) is 0.111. The zero-order chi connectivity index (χ0) is 9.42. The van der Waals surface area contributed by atoms with Crippen LogP contribution in [0.5, 0.6) is 0 Å². The van der Waals surface area contributed by atoms with Crippen molar-refractivity contribution in [1.82, 2.24) is 9.97 Å². The van der Waals surface area contributed by atoms with E-state index >= 15 is 0 Å². The Hall–Kier alpha value is -2.02. The Kier molecular flexibility index (Phi) is 1.46. The van der Waals surface area contributed by atoms with E-state index in [-0.39, 0.29) is 0 Å². The number of hydrogen-bond donors (Lipinski definition) is 2. The summed E-state index contributed by atoms with van der Waals surface area (Å²) in [6, 6.07) is 5.39. The highest BCUT2D eigenvalue weighted by molar-refractivity contribution is 5.88. The van der Waals surface area contributed by atoms with Gasteiger partial charge in [0.25, 0.3) is 0 Å². The highest BCUT2D eigenvalue weighted by Crippen LogP contribution is 2.20. The van der Waals surface area contributed by atoms with Gasteiger partial charge in [0.1, 0.15) is 5.82 Å². The van der Waals surface area contributed by atoms with Gasteiger partial charge in [0.15, 0.2) is 0 Å². The van der Waals surface area contributed by atoms with Crippen LogP contribution in [0.2, 0.25) is 0 Å². The van der Waals surface area contributed by atoms with E-state index in [4.69, 9.17) is 11.0 Å². The van der Waals surface area contributed by atoms with Crippen molar-refractivity contribution in [2.45, 2.75) is 6.92 Å². The zero-order valence-electron chi connectivity index (χ0n) is 7.13. The van der Waals surface area contributed by atoms with Crippen molar-refractivity contribution in [2.24, 2.45) is 0 Å². The Labute approximate surface area is 75.0 Å². The molecule has 0 aliphatic carbocycles. The summed E-state index contributed by atoms with van der Waals surface area (Å²) in [7, 11) is 0. The fourth-order valence-electron chi connectivity index (χ4n) is 1.33. The van der Waals surface area contributed by atoms with Crippen LogP contribution in [0.3, 0.4) is 0 Å². The molecule has 4 nitrogen and oxygen atoms in total. The molecule has 3 N–H and O–H groups in total. The van der Waals surface area contributed by atoms with Gasteiger partial charge in [0.2, 0.25) is 0 Å². The van der Waals surface area contributed by atoms with Gasteiger partial charge >= 0.3 is 0 Å². The van der Waals surface area contributed by atoms with E-state index in [1.165, 1.54) is 0 Å². The number of fused-ring (bicyclic) bond motifs is 1. The van der Waals surface area contributed by atoms with Crippen molar-refractivity contribution in [3.8, 4) is 6.07 Å². The molecule has 0 aliphatic rings. The molecule has 0 unspecified atom stereocenters. The summed E-state index contributed by atoms with van der Waals surface area (Å²) in [6.07, 6.45) is 0. The first-order valence-electron chi connectivity index (χ1n) is 3.86. The number of nitrogens with zero attached hydrogens (tertiary/aromatic N) is 2. The van der Waals surface area contributed by atoms with Crippen LogP contribution in [0.1, 0.15) is 11.4 Å². The first kappa shape index (κ1) is 7.62. The number of aryl methyl sites for hydroxylation is 1. The summed E-state index contributed by atoms with van der Waals surface area (Å²) in [4.78, 5) is 7.23. The molecular formula is C9H8N4. The molecule has 1 aromatic carbocycles. The molecule has 4 heteroatoms. The SMILES string of the molecule is Cc1nc2cc(C#N)cc(N)c2[nH]1. The average molecular weight is 172 g/mol. The van der Waals surface area contributed by atoms with Crippen LogP contribution in [0.25, 0.3) is 11.0 Å². The van der Waals surface area contributed by atoms with Gasteiger partial charge < -0.3 is 10.7 Å². The minimum Gasteiger partial charge on any atom is -0.397 e. The number of imidazole rings is 1. The molecule has 0 saturated carbocycles. The molecule has 0 fully saturated rings. The first-order valence-corrected chi connectivity index (χ1v) is 3.86. The molecule has 0 aliphatic heterocycles. The van der Waals surface area contributed by atoms with E-state index in [2.05, 4.69) is 9.97 Å². The lowest BCUT2D eigenvalue weighted by Gasteiger charge is -1.94. The molecule has 0 bridgehead atoms. The number of H-pyrrole nitrogens is 1. The number of aromatic nitrogens is 2. The second-order valence-corrected chi connectivity index (χ2v) is 2.89. The smallest absolute Gasteiger partial charge is 0.104 e. The Morgan fingerprint density at radius 1 is 1.54 bits per heavy atom. The predicted molar refractivity (Wildman–Crippen MR) is 50.0 cm³/mol. The molecule has 64 valence electrons. The van der Waals surface area contributed by atoms with Crippen LogP contribution in [0, 0.1) is 18.3 Å². The van der Waals surface area contributed by atoms with Gasteiger partial charge in [-0.1, -0.05) is 0 Å². The number of nitrogens with two attached hydrogens (primary N) is 1. The van der Waals surface area contributed by atoms with Crippen molar-refractivity contribution in [3.63, 3.8) is 0 Å². The number of aromatic amines is 1. The molecule has 2 rings (SSSR count). The number of nitriles is 1. The molecule has 0 atom stereocenters. The summed E-state index contributed by atoms with van der Waals surface area (Å²) in [6.45, 7) is 1.85. The minimum absolute atomic E-state index is 0.538. The summed E-state index contributed by atoms with van der Waals surface area (Å²) >= 11 is 0. The quantitative estimate of drug-likeness (QED) is 0.588. The van der Waals surface area contributed by atoms with Gasteiger partial charge in [0, 0.05) is 0 Å². The number of rotatable bonds is 0. The van der Waals surface area contributed by atoms with Gasteiger partial charge in [-0.25, -0.2) is 4.98 Å². The van der Waals surface area contributed by atoms with Gasteiger partial charge in [-0.2, -0.15) is 5.26 Å². The largest absolute Gasteiger partial charge is 0.397 e. The first-order chi connectivity index (χ1) is 6.20. The third-order valence-electron chi connectivity index (χ3n) is 1.87. The number of anilines is 1. The van der Waals surface area contributed by atoms with Gasteiger partial charge in [0.05, 0.1) is 28.4 Å². The van der Waals surface area contributed by atoms with Crippen LogP contribution in [0.4, 0.5) is 5.69 Å². The van der Waals surface area contributed by atoms with Gasteiger partial charge in [-0.15, -0.1) is 0 Å². The average Bonchev–Trinajstić information content (AvgIpc) is 2.46. The maximum absolute atomic E-state index is 8.68. The molecule has 1 heterocycles. The molecular weight excluding hydrogens is 164 g/mol. The monoisotopic (exact) mass is 172 g/mol. The van der Waals surface area contributed by atoms with Crippen LogP contribution in [0.15, 0.2) is 12.1 Å². The Balaban J connectivity index is 2.85. The van der Waals surface area contributed by atoms with Crippen LogP contribution in [-0.4, -0.2) is 9.97 Å². The lowest BCUT2D eigenvalue weighted by atomic mass is 10.2. The minimum atomic E-state index is 0.538. The zero-order valence-corrected chi connectivity index (χ0v) is 7.13.